The quantitative estimate of drug-likeness (QED) is 0.903. The van der Waals surface area contributed by atoms with Crippen LogP contribution in [0.3, 0.4) is 0 Å². The molecule has 22 heavy (non-hydrogen) atoms. The number of methoxy groups -OCH3 is 1. The Morgan fingerprint density at radius 1 is 1.45 bits per heavy atom. The van der Waals surface area contributed by atoms with Gasteiger partial charge in [-0.05, 0) is 44.5 Å². The number of amides is 1. The second kappa shape index (κ2) is 6.62. The van der Waals surface area contributed by atoms with Crippen LogP contribution in [0.1, 0.15) is 29.8 Å². The van der Waals surface area contributed by atoms with E-state index in [1.165, 1.54) is 25.1 Å². The second-order valence-corrected chi connectivity index (χ2v) is 6.08. The zero-order valence-electron chi connectivity index (χ0n) is 12.9. The van der Waals surface area contributed by atoms with Crippen LogP contribution in [0.5, 0.6) is 5.75 Å². The number of hydrogen-bond donors (Lipinski definition) is 1. The van der Waals surface area contributed by atoms with Gasteiger partial charge in [-0.2, -0.15) is 0 Å². The molecule has 1 amide bonds. The lowest BCUT2D eigenvalue weighted by Gasteiger charge is -2.28. The van der Waals surface area contributed by atoms with E-state index in [1.807, 2.05) is 4.90 Å². The van der Waals surface area contributed by atoms with Crippen LogP contribution in [0.4, 0.5) is 0 Å². The van der Waals surface area contributed by atoms with Gasteiger partial charge in [0.1, 0.15) is 5.75 Å². The molecule has 2 saturated heterocycles. The third kappa shape index (κ3) is 3.08. The van der Waals surface area contributed by atoms with E-state index in [2.05, 4.69) is 9.88 Å². The van der Waals surface area contributed by atoms with E-state index in [1.54, 1.807) is 13.2 Å². The number of likely N-dealkylation sites (tertiary alicyclic amines) is 2. The van der Waals surface area contributed by atoms with Crippen LogP contribution in [0.25, 0.3) is 0 Å². The normalized spacial score (nSPS) is 25.8. The molecule has 0 aliphatic carbocycles. The lowest BCUT2D eigenvalue weighted by molar-refractivity contribution is 0.0661. The van der Waals surface area contributed by atoms with E-state index in [-0.39, 0.29) is 29.5 Å². The highest BCUT2D eigenvalue weighted by molar-refractivity contribution is 5.95. The van der Waals surface area contributed by atoms with Gasteiger partial charge in [-0.3, -0.25) is 4.79 Å². The van der Waals surface area contributed by atoms with Gasteiger partial charge < -0.3 is 19.6 Å². The van der Waals surface area contributed by atoms with Crippen molar-refractivity contribution in [2.24, 2.45) is 0 Å². The Balaban J connectivity index is 1.76. The zero-order valence-corrected chi connectivity index (χ0v) is 12.9. The molecule has 2 atom stereocenters. The first-order valence-corrected chi connectivity index (χ1v) is 7.89. The Kier molecular flexibility index (Phi) is 4.59. The molecule has 2 aliphatic heterocycles. The van der Waals surface area contributed by atoms with Gasteiger partial charge >= 0.3 is 0 Å². The number of nitrogens with zero attached hydrogens (tertiary/aromatic N) is 3. The van der Waals surface area contributed by atoms with E-state index in [4.69, 9.17) is 4.74 Å². The van der Waals surface area contributed by atoms with Crippen molar-refractivity contribution in [3.63, 3.8) is 0 Å². The van der Waals surface area contributed by atoms with Crippen molar-refractivity contribution < 1.29 is 14.6 Å². The Morgan fingerprint density at radius 2 is 2.23 bits per heavy atom. The molecule has 0 aromatic carbocycles. The highest BCUT2D eigenvalue weighted by atomic mass is 16.5. The van der Waals surface area contributed by atoms with Crippen LogP contribution < -0.4 is 0 Å². The number of aromatic hydroxyl groups is 1. The van der Waals surface area contributed by atoms with Gasteiger partial charge in [0.25, 0.3) is 5.91 Å². The Labute approximate surface area is 130 Å². The Bertz CT molecular complexity index is 531. The van der Waals surface area contributed by atoms with E-state index in [9.17, 15) is 9.90 Å². The van der Waals surface area contributed by atoms with Crippen LogP contribution in [0, 0.1) is 0 Å². The van der Waals surface area contributed by atoms with Crippen molar-refractivity contribution in [1.82, 2.24) is 14.8 Å². The third-order valence-electron chi connectivity index (χ3n) is 4.63. The molecule has 0 bridgehead atoms. The van der Waals surface area contributed by atoms with Crippen molar-refractivity contribution in [3.05, 3.63) is 24.0 Å². The number of hydrogen-bond acceptors (Lipinski definition) is 5. The summed E-state index contributed by atoms with van der Waals surface area (Å²) in [5.41, 5.74) is 0.130. The third-order valence-corrected chi connectivity index (χ3v) is 4.63. The fourth-order valence-electron chi connectivity index (χ4n) is 3.43. The minimum absolute atomic E-state index is 0.0578. The van der Waals surface area contributed by atoms with Gasteiger partial charge in [-0.25, -0.2) is 4.98 Å². The van der Waals surface area contributed by atoms with Crippen LogP contribution in [-0.4, -0.2) is 71.2 Å². The average Bonchev–Trinajstić information content (AvgIpc) is 3.17. The van der Waals surface area contributed by atoms with Crippen LogP contribution in [-0.2, 0) is 4.74 Å². The highest BCUT2D eigenvalue weighted by Crippen LogP contribution is 2.26. The molecule has 0 spiro atoms. The summed E-state index contributed by atoms with van der Waals surface area (Å²) in [6.07, 6.45) is 4.89. The molecule has 3 heterocycles. The fraction of sp³-hybridized carbons (Fsp3) is 0.625. The van der Waals surface area contributed by atoms with Crippen LogP contribution in [0.15, 0.2) is 18.3 Å². The lowest BCUT2D eigenvalue weighted by atomic mass is 10.2. The van der Waals surface area contributed by atoms with E-state index >= 15 is 0 Å². The van der Waals surface area contributed by atoms with E-state index in [0.717, 1.165) is 26.1 Å². The summed E-state index contributed by atoms with van der Waals surface area (Å²) in [6, 6.07) is 3.24. The molecule has 120 valence electrons. The van der Waals surface area contributed by atoms with Crippen molar-refractivity contribution in [2.75, 3.05) is 33.3 Å². The number of ether oxygens (including phenoxy) is 1. The lowest BCUT2D eigenvalue weighted by Crippen LogP contribution is -2.42. The van der Waals surface area contributed by atoms with Gasteiger partial charge in [0, 0.05) is 32.4 Å². The number of carbonyl (C=O) groups excluding carboxylic acids is 1. The predicted octanol–water partition coefficient (Wildman–Crippen LogP) is 1.11. The first-order chi connectivity index (χ1) is 10.7. The maximum Gasteiger partial charge on any atom is 0.276 e. The summed E-state index contributed by atoms with van der Waals surface area (Å²) in [5.74, 6) is -0.268. The molecule has 6 heteroatoms. The molecule has 0 saturated carbocycles. The largest absolute Gasteiger partial charge is 0.505 e. The first-order valence-electron chi connectivity index (χ1n) is 7.89. The van der Waals surface area contributed by atoms with Crippen molar-refractivity contribution >= 4 is 5.91 Å². The Morgan fingerprint density at radius 3 is 2.91 bits per heavy atom. The summed E-state index contributed by atoms with van der Waals surface area (Å²) in [4.78, 5) is 21.0. The van der Waals surface area contributed by atoms with Crippen molar-refractivity contribution in [2.45, 2.75) is 31.4 Å². The molecule has 0 radical (unpaired) electrons. The molecule has 1 aromatic rings. The minimum Gasteiger partial charge on any atom is -0.505 e. The topological polar surface area (TPSA) is 65.9 Å². The molecule has 2 aliphatic rings. The number of carbonyl (C=O) groups is 1. The second-order valence-electron chi connectivity index (χ2n) is 6.08. The number of aromatic nitrogens is 1. The smallest absolute Gasteiger partial charge is 0.276 e. The number of pyridine rings is 1. The van der Waals surface area contributed by atoms with E-state index in [0.29, 0.717) is 6.54 Å². The SMILES string of the molecule is CO[C@H]1C[C@@H](CN2CCCC2)N(C(=O)c2ncccc2O)C1. The molecule has 1 N–H and O–H groups in total. The average molecular weight is 305 g/mol. The molecule has 2 fully saturated rings. The standard InChI is InChI=1S/C16H23N3O3/c1-22-13-9-12(10-18-7-2-3-8-18)19(11-13)16(21)15-14(20)5-4-6-17-15/h4-6,12-13,20H,2-3,7-11H2,1H3/t12-,13-/m0/s1. The first kappa shape index (κ1) is 15.2. The van der Waals surface area contributed by atoms with Crippen molar-refractivity contribution in [1.29, 1.82) is 0 Å². The summed E-state index contributed by atoms with van der Waals surface area (Å²) < 4.78 is 5.46. The Hall–Kier alpha value is -1.66. The maximum atomic E-state index is 12.7. The minimum atomic E-state index is -0.207. The van der Waals surface area contributed by atoms with Gasteiger partial charge in [0.05, 0.1) is 6.10 Å². The molecular formula is C16H23N3O3. The van der Waals surface area contributed by atoms with Crippen LogP contribution >= 0.6 is 0 Å². The monoisotopic (exact) mass is 305 g/mol. The molecule has 1 aromatic heterocycles. The fourth-order valence-corrected chi connectivity index (χ4v) is 3.43. The predicted molar refractivity (Wildman–Crippen MR) is 81.8 cm³/mol. The van der Waals surface area contributed by atoms with Gasteiger partial charge in [0.15, 0.2) is 5.69 Å². The molecule has 6 nitrogen and oxygen atoms in total. The van der Waals surface area contributed by atoms with E-state index < -0.39 is 0 Å². The summed E-state index contributed by atoms with van der Waals surface area (Å²) in [7, 11) is 1.68. The summed E-state index contributed by atoms with van der Waals surface area (Å²) in [6.45, 7) is 3.64. The van der Waals surface area contributed by atoms with Gasteiger partial charge in [-0.1, -0.05) is 0 Å². The van der Waals surface area contributed by atoms with Crippen LogP contribution in [0.2, 0.25) is 0 Å². The van der Waals surface area contributed by atoms with Crippen molar-refractivity contribution in [3.8, 4) is 5.75 Å². The number of rotatable bonds is 4. The van der Waals surface area contributed by atoms with Gasteiger partial charge in [-0.15, -0.1) is 0 Å². The summed E-state index contributed by atoms with van der Waals surface area (Å²) in [5, 5.41) is 9.88. The zero-order chi connectivity index (χ0) is 15.5. The molecule has 3 rings (SSSR count). The molecular weight excluding hydrogens is 282 g/mol. The summed E-state index contributed by atoms with van der Waals surface area (Å²) >= 11 is 0. The molecule has 0 unspecified atom stereocenters. The highest BCUT2D eigenvalue weighted by Gasteiger charge is 2.38. The maximum absolute atomic E-state index is 12.7. The van der Waals surface area contributed by atoms with Gasteiger partial charge in [0.2, 0.25) is 0 Å².